The van der Waals surface area contributed by atoms with Crippen LogP contribution in [0.2, 0.25) is 0 Å². The van der Waals surface area contributed by atoms with E-state index in [1.54, 1.807) is 11.6 Å². The molecular formula is C11H10N4O3S. The van der Waals surface area contributed by atoms with Crippen LogP contribution in [0.4, 0.5) is 5.13 Å². The van der Waals surface area contributed by atoms with E-state index in [0.29, 0.717) is 15.7 Å². The Morgan fingerprint density at radius 2 is 2.26 bits per heavy atom. The number of carboxylic acids is 1. The molecule has 0 spiro atoms. The molecule has 1 amide bonds. The molecule has 0 atom stereocenters. The zero-order valence-electron chi connectivity index (χ0n) is 9.90. The zero-order chi connectivity index (χ0) is 13.8. The molecule has 0 fully saturated rings. The van der Waals surface area contributed by atoms with Crippen molar-refractivity contribution in [2.45, 2.75) is 0 Å². The largest absolute Gasteiger partial charge is 0.478 e. The number of aromatic nitrogens is 3. The van der Waals surface area contributed by atoms with E-state index in [4.69, 9.17) is 5.11 Å². The molecule has 19 heavy (non-hydrogen) atoms. The van der Waals surface area contributed by atoms with Crippen LogP contribution in [0.15, 0.2) is 24.8 Å². The topological polar surface area (TPSA) is 97.1 Å². The Hall–Kier alpha value is -2.48. The number of aliphatic carboxylic acids is 1. The van der Waals surface area contributed by atoms with Gasteiger partial charge in [0.15, 0.2) is 5.13 Å². The maximum absolute atomic E-state index is 11.9. The van der Waals surface area contributed by atoms with Crippen molar-refractivity contribution in [2.24, 2.45) is 7.05 Å². The number of thiazole rings is 1. The third-order valence-electron chi connectivity index (χ3n) is 2.18. The van der Waals surface area contributed by atoms with Crippen molar-refractivity contribution in [1.82, 2.24) is 14.5 Å². The number of carbonyl (C=O) groups excluding carboxylic acids is 1. The molecule has 2 N–H and O–H groups in total. The first-order valence-electron chi connectivity index (χ1n) is 5.21. The van der Waals surface area contributed by atoms with Gasteiger partial charge in [0.2, 0.25) is 0 Å². The van der Waals surface area contributed by atoms with Gasteiger partial charge < -0.3 is 9.67 Å². The fourth-order valence-corrected chi connectivity index (χ4v) is 2.03. The van der Waals surface area contributed by atoms with Gasteiger partial charge in [0, 0.05) is 24.2 Å². The molecule has 8 heteroatoms. The zero-order valence-corrected chi connectivity index (χ0v) is 10.7. The molecule has 2 aromatic heterocycles. The van der Waals surface area contributed by atoms with Crippen molar-refractivity contribution in [3.8, 4) is 0 Å². The number of nitrogens with zero attached hydrogens (tertiary/aromatic N) is 3. The molecule has 0 bridgehead atoms. The number of rotatable bonds is 4. The minimum Gasteiger partial charge on any atom is -0.478 e. The van der Waals surface area contributed by atoms with E-state index in [2.05, 4.69) is 15.3 Å². The molecule has 2 rings (SSSR count). The highest BCUT2D eigenvalue weighted by atomic mass is 32.1. The molecule has 98 valence electrons. The number of hydrogen-bond acceptors (Lipinski definition) is 5. The monoisotopic (exact) mass is 278 g/mol. The number of carboxylic acid groups (broad SMARTS) is 1. The lowest BCUT2D eigenvalue weighted by molar-refractivity contribution is -0.131. The Morgan fingerprint density at radius 3 is 2.89 bits per heavy atom. The SMILES string of the molecule is Cn1cncc1C(=O)Nc1ncc(/C=C/C(=O)O)s1. The summed E-state index contributed by atoms with van der Waals surface area (Å²) in [7, 11) is 1.71. The third-order valence-corrected chi connectivity index (χ3v) is 3.06. The van der Waals surface area contributed by atoms with Crippen LogP contribution in [0.25, 0.3) is 6.08 Å². The van der Waals surface area contributed by atoms with E-state index < -0.39 is 5.97 Å². The number of imidazole rings is 1. The van der Waals surface area contributed by atoms with Crippen LogP contribution in [0.3, 0.4) is 0 Å². The number of carbonyl (C=O) groups is 2. The van der Waals surface area contributed by atoms with E-state index in [9.17, 15) is 9.59 Å². The second-order valence-electron chi connectivity index (χ2n) is 3.58. The lowest BCUT2D eigenvalue weighted by Crippen LogP contribution is -2.14. The van der Waals surface area contributed by atoms with Crippen LogP contribution in [0.5, 0.6) is 0 Å². The van der Waals surface area contributed by atoms with Gasteiger partial charge in [0.05, 0.1) is 12.5 Å². The standard InChI is InChI=1S/C11H10N4O3S/c1-15-6-12-5-8(15)10(18)14-11-13-4-7(19-11)2-3-9(16)17/h2-6H,1H3,(H,16,17)(H,13,14,18)/b3-2+. The average Bonchev–Trinajstić information content (AvgIpc) is 2.95. The van der Waals surface area contributed by atoms with Gasteiger partial charge in [-0.2, -0.15) is 0 Å². The van der Waals surface area contributed by atoms with E-state index >= 15 is 0 Å². The minimum absolute atomic E-state index is 0.317. The van der Waals surface area contributed by atoms with Crippen molar-refractivity contribution in [3.63, 3.8) is 0 Å². The highest BCUT2D eigenvalue weighted by Gasteiger charge is 2.11. The van der Waals surface area contributed by atoms with Crippen LogP contribution >= 0.6 is 11.3 Å². The van der Waals surface area contributed by atoms with E-state index in [1.165, 1.54) is 36.1 Å². The molecule has 0 aliphatic rings. The molecule has 7 nitrogen and oxygen atoms in total. The first kappa shape index (κ1) is 13.0. The van der Waals surface area contributed by atoms with Gasteiger partial charge in [-0.05, 0) is 6.08 Å². The molecule has 0 aliphatic heterocycles. The summed E-state index contributed by atoms with van der Waals surface area (Å²) in [6.45, 7) is 0. The number of anilines is 1. The first-order chi connectivity index (χ1) is 9.06. The van der Waals surface area contributed by atoms with E-state index in [0.717, 1.165) is 6.08 Å². The molecule has 2 aromatic rings. The Kier molecular flexibility index (Phi) is 3.71. The maximum Gasteiger partial charge on any atom is 0.328 e. The summed E-state index contributed by atoms with van der Waals surface area (Å²) >= 11 is 1.18. The van der Waals surface area contributed by atoms with Crippen LogP contribution in [-0.4, -0.2) is 31.5 Å². The summed E-state index contributed by atoms with van der Waals surface area (Å²) in [5.41, 5.74) is 0.415. The molecule has 2 heterocycles. The van der Waals surface area contributed by atoms with Gasteiger partial charge >= 0.3 is 5.97 Å². The average molecular weight is 278 g/mol. The van der Waals surface area contributed by atoms with Crippen LogP contribution in [0.1, 0.15) is 15.4 Å². The molecule has 0 aliphatic carbocycles. The number of hydrogen-bond donors (Lipinski definition) is 2. The second-order valence-corrected chi connectivity index (χ2v) is 4.65. The third kappa shape index (κ3) is 3.26. The highest BCUT2D eigenvalue weighted by molar-refractivity contribution is 7.16. The van der Waals surface area contributed by atoms with Crippen LogP contribution in [-0.2, 0) is 11.8 Å². The molecule has 0 saturated heterocycles. The normalized spacial score (nSPS) is 10.8. The molecule has 0 aromatic carbocycles. The second kappa shape index (κ2) is 5.44. The van der Waals surface area contributed by atoms with Crippen LogP contribution in [0, 0.1) is 0 Å². The van der Waals surface area contributed by atoms with Crippen molar-refractivity contribution in [2.75, 3.05) is 5.32 Å². The summed E-state index contributed by atoms with van der Waals surface area (Å²) in [5, 5.41) is 11.5. The smallest absolute Gasteiger partial charge is 0.328 e. The molecule has 0 radical (unpaired) electrons. The van der Waals surface area contributed by atoms with Gasteiger partial charge in [-0.25, -0.2) is 14.8 Å². The fourth-order valence-electron chi connectivity index (χ4n) is 1.31. The lowest BCUT2D eigenvalue weighted by atomic mass is 10.4. The Bertz CT molecular complexity index is 644. The molecular weight excluding hydrogens is 268 g/mol. The molecule has 0 unspecified atom stereocenters. The van der Waals surface area contributed by atoms with Gasteiger partial charge in [-0.1, -0.05) is 11.3 Å². The van der Waals surface area contributed by atoms with Crippen molar-refractivity contribution < 1.29 is 14.7 Å². The fraction of sp³-hybridized carbons (Fsp3) is 0.0909. The Labute approximate surface area is 112 Å². The minimum atomic E-state index is -1.03. The van der Waals surface area contributed by atoms with Gasteiger partial charge in [-0.15, -0.1) is 0 Å². The lowest BCUT2D eigenvalue weighted by Gasteiger charge is -2.01. The number of aryl methyl sites for hydroxylation is 1. The predicted molar refractivity (Wildman–Crippen MR) is 69.9 cm³/mol. The summed E-state index contributed by atoms with van der Waals surface area (Å²) in [4.78, 5) is 30.7. The van der Waals surface area contributed by atoms with Crippen molar-refractivity contribution >= 4 is 34.4 Å². The summed E-state index contributed by atoms with van der Waals surface area (Å²) in [6, 6.07) is 0. The highest BCUT2D eigenvalue weighted by Crippen LogP contribution is 2.19. The summed E-state index contributed by atoms with van der Waals surface area (Å²) < 4.78 is 1.59. The predicted octanol–water partition coefficient (Wildman–Crippen LogP) is 1.23. The van der Waals surface area contributed by atoms with Gasteiger partial charge in [0.25, 0.3) is 5.91 Å². The summed E-state index contributed by atoms with van der Waals surface area (Å²) in [6.07, 6.45) is 6.90. The quantitative estimate of drug-likeness (QED) is 0.820. The van der Waals surface area contributed by atoms with E-state index in [1.807, 2.05) is 0 Å². The van der Waals surface area contributed by atoms with Crippen molar-refractivity contribution in [1.29, 1.82) is 0 Å². The number of amides is 1. The van der Waals surface area contributed by atoms with Crippen molar-refractivity contribution in [3.05, 3.63) is 35.4 Å². The van der Waals surface area contributed by atoms with Gasteiger partial charge in [-0.3, -0.25) is 10.1 Å². The van der Waals surface area contributed by atoms with Gasteiger partial charge in [0.1, 0.15) is 5.69 Å². The summed E-state index contributed by atoms with van der Waals surface area (Å²) in [5.74, 6) is -1.35. The maximum atomic E-state index is 11.9. The first-order valence-corrected chi connectivity index (χ1v) is 6.02. The van der Waals surface area contributed by atoms with Crippen LogP contribution < -0.4 is 5.32 Å². The Balaban J connectivity index is 2.06. The Morgan fingerprint density at radius 1 is 1.47 bits per heavy atom. The van der Waals surface area contributed by atoms with E-state index in [-0.39, 0.29) is 5.91 Å². The molecule has 0 saturated carbocycles. The number of nitrogens with one attached hydrogen (secondary N) is 1.